The fraction of sp³-hybridized carbons (Fsp3) is 0.526. The molecule has 2 aromatic rings. The van der Waals surface area contributed by atoms with Crippen LogP contribution >= 0.6 is 0 Å². The Bertz CT molecular complexity index is 1070. The second kappa shape index (κ2) is 8.45. The Morgan fingerprint density at radius 1 is 1.00 bits per heavy atom. The van der Waals surface area contributed by atoms with Crippen LogP contribution in [-0.4, -0.2) is 50.0 Å². The zero-order valence-electron chi connectivity index (χ0n) is 17.0. The van der Waals surface area contributed by atoms with Gasteiger partial charge in [-0.25, -0.2) is 8.42 Å². The van der Waals surface area contributed by atoms with Crippen molar-refractivity contribution in [2.45, 2.75) is 56.2 Å². The zero-order chi connectivity index (χ0) is 21.2. The number of unbranched alkanes of at least 4 members (excludes halogenated alkanes) is 1. The number of sulfonamides is 1. The van der Waals surface area contributed by atoms with Crippen LogP contribution in [0.5, 0.6) is 5.75 Å². The van der Waals surface area contributed by atoms with Gasteiger partial charge in [0.05, 0.1) is 22.9 Å². The number of benzene rings is 1. The fourth-order valence-electron chi connectivity index (χ4n) is 3.41. The van der Waals surface area contributed by atoms with Gasteiger partial charge < -0.3 is 4.74 Å². The number of hydrogen-bond donors (Lipinski definition) is 0. The number of aryl methyl sites for hydroxylation is 1. The molecule has 1 aromatic carbocycles. The topological polar surface area (TPSA) is 98.6 Å². The highest BCUT2D eigenvalue weighted by Gasteiger charge is 2.35. The molecule has 8 nitrogen and oxygen atoms in total. The maximum Gasteiger partial charge on any atom is 0.283 e. The Morgan fingerprint density at radius 2 is 1.62 bits per heavy atom. The van der Waals surface area contributed by atoms with Gasteiger partial charge >= 0.3 is 0 Å². The highest BCUT2D eigenvalue weighted by atomic mass is 32.2. The minimum atomic E-state index is -4.03. The molecule has 0 atom stereocenters. The standard InChI is InChI=1S/C19H27N3O5S2/c1-4-5-14-27-17-8-10-18(11-9-17)28(23,24)22-16(3)19(15(2)20-22)29(25,26)21-12-6-7-13-21/h8-11H,4-7,12-14H2,1-3H3. The average molecular weight is 442 g/mol. The quantitative estimate of drug-likeness (QED) is 0.584. The Labute approximate surface area is 172 Å². The van der Waals surface area contributed by atoms with Crippen LogP contribution < -0.4 is 4.74 Å². The Morgan fingerprint density at radius 3 is 2.21 bits per heavy atom. The molecule has 1 aromatic heterocycles. The summed E-state index contributed by atoms with van der Waals surface area (Å²) >= 11 is 0. The van der Waals surface area contributed by atoms with Crippen molar-refractivity contribution in [3.63, 3.8) is 0 Å². The minimum Gasteiger partial charge on any atom is -0.494 e. The molecule has 0 spiro atoms. The van der Waals surface area contributed by atoms with E-state index in [0.717, 1.165) is 29.8 Å². The van der Waals surface area contributed by atoms with Crippen LogP contribution in [0.25, 0.3) is 0 Å². The summed E-state index contributed by atoms with van der Waals surface area (Å²) in [4.78, 5) is -0.00134. The number of ether oxygens (including phenoxy) is 1. The van der Waals surface area contributed by atoms with Crippen molar-refractivity contribution in [2.75, 3.05) is 19.7 Å². The summed E-state index contributed by atoms with van der Waals surface area (Å²) in [6.45, 7) is 6.51. The van der Waals surface area contributed by atoms with Gasteiger partial charge in [0.15, 0.2) is 0 Å². The summed E-state index contributed by atoms with van der Waals surface area (Å²) in [6.07, 6.45) is 3.53. The van der Waals surface area contributed by atoms with Crippen LogP contribution in [0.1, 0.15) is 44.0 Å². The molecule has 0 aliphatic carbocycles. The van der Waals surface area contributed by atoms with E-state index >= 15 is 0 Å². The molecular weight excluding hydrogens is 414 g/mol. The zero-order valence-corrected chi connectivity index (χ0v) is 18.6. The molecule has 0 amide bonds. The van der Waals surface area contributed by atoms with E-state index in [2.05, 4.69) is 12.0 Å². The summed E-state index contributed by atoms with van der Waals surface area (Å²) in [5, 5.41) is 4.07. The average Bonchev–Trinajstić information content (AvgIpc) is 3.31. The highest BCUT2D eigenvalue weighted by molar-refractivity contribution is 7.90. The molecule has 29 heavy (non-hydrogen) atoms. The molecule has 0 radical (unpaired) electrons. The van der Waals surface area contributed by atoms with Crippen molar-refractivity contribution in [3.8, 4) is 5.75 Å². The molecule has 1 fully saturated rings. The van der Waals surface area contributed by atoms with Gasteiger partial charge in [0, 0.05) is 13.1 Å². The van der Waals surface area contributed by atoms with Crippen LogP contribution in [0.4, 0.5) is 0 Å². The van der Waals surface area contributed by atoms with Gasteiger partial charge in [-0.1, -0.05) is 13.3 Å². The molecule has 1 saturated heterocycles. The van der Waals surface area contributed by atoms with Crippen LogP contribution in [0, 0.1) is 13.8 Å². The summed E-state index contributed by atoms with van der Waals surface area (Å²) in [5.41, 5.74) is 0.273. The summed E-state index contributed by atoms with van der Waals surface area (Å²) in [6, 6.07) is 6.08. The molecule has 0 saturated carbocycles. The lowest BCUT2D eigenvalue weighted by Crippen LogP contribution is -2.29. The van der Waals surface area contributed by atoms with Crippen molar-refractivity contribution in [3.05, 3.63) is 35.7 Å². The van der Waals surface area contributed by atoms with E-state index in [1.807, 2.05) is 0 Å². The second-order valence-corrected chi connectivity index (χ2v) is 10.8. The predicted molar refractivity (Wildman–Crippen MR) is 109 cm³/mol. The smallest absolute Gasteiger partial charge is 0.283 e. The van der Waals surface area contributed by atoms with Crippen molar-refractivity contribution in [1.82, 2.24) is 13.5 Å². The molecule has 0 unspecified atom stereocenters. The van der Waals surface area contributed by atoms with Gasteiger partial charge in [-0.3, -0.25) is 0 Å². The number of rotatable bonds is 8. The van der Waals surface area contributed by atoms with E-state index in [0.29, 0.717) is 25.4 Å². The van der Waals surface area contributed by atoms with Gasteiger partial charge in [-0.05, 0) is 57.4 Å². The molecule has 3 rings (SSSR count). The number of hydrogen-bond acceptors (Lipinski definition) is 6. The molecule has 0 N–H and O–H groups in total. The van der Waals surface area contributed by atoms with Crippen molar-refractivity contribution >= 4 is 20.0 Å². The Hall–Kier alpha value is -1.91. The third-order valence-electron chi connectivity index (χ3n) is 4.96. The normalized spacial score (nSPS) is 15.7. The molecule has 2 heterocycles. The van der Waals surface area contributed by atoms with E-state index in [9.17, 15) is 16.8 Å². The first-order chi connectivity index (χ1) is 13.7. The Balaban J connectivity index is 1.94. The molecule has 160 valence electrons. The van der Waals surface area contributed by atoms with Gasteiger partial charge in [0.1, 0.15) is 10.6 Å². The lowest BCUT2D eigenvalue weighted by molar-refractivity contribution is 0.309. The van der Waals surface area contributed by atoms with Gasteiger partial charge in [0.2, 0.25) is 10.0 Å². The maximum atomic E-state index is 13.1. The maximum absolute atomic E-state index is 13.1. The molecule has 10 heteroatoms. The lowest BCUT2D eigenvalue weighted by Gasteiger charge is -2.15. The largest absolute Gasteiger partial charge is 0.494 e. The first kappa shape index (κ1) is 21.8. The van der Waals surface area contributed by atoms with E-state index in [4.69, 9.17) is 4.74 Å². The van der Waals surface area contributed by atoms with E-state index in [-0.39, 0.29) is 21.2 Å². The van der Waals surface area contributed by atoms with Crippen LogP contribution in [0.15, 0.2) is 34.1 Å². The van der Waals surface area contributed by atoms with E-state index < -0.39 is 20.0 Å². The van der Waals surface area contributed by atoms with E-state index in [1.54, 1.807) is 12.1 Å². The third-order valence-corrected chi connectivity index (χ3v) is 8.79. The van der Waals surface area contributed by atoms with E-state index in [1.165, 1.54) is 30.3 Å². The molecule has 1 aliphatic heterocycles. The van der Waals surface area contributed by atoms with Crippen LogP contribution in [0.2, 0.25) is 0 Å². The first-order valence-corrected chi connectivity index (χ1v) is 12.6. The third kappa shape index (κ3) is 4.19. The molecule has 0 bridgehead atoms. The molecule has 1 aliphatic rings. The monoisotopic (exact) mass is 441 g/mol. The number of aromatic nitrogens is 2. The lowest BCUT2D eigenvalue weighted by atomic mass is 10.3. The first-order valence-electron chi connectivity index (χ1n) is 9.74. The number of nitrogens with zero attached hydrogens (tertiary/aromatic N) is 3. The summed E-state index contributed by atoms with van der Waals surface area (Å²) in [7, 11) is -7.81. The highest BCUT2D eigenvalue weighted by Crippen LogP contribution is 2.28. The Kier molecular flexibility index (Phi) is 6.35. The fourth-order valence-corrected chi connectivity index (χ4v) is 6.70. The van der Waals surface area contributed by atoms with Crippen molar-refractivity contribution < 1.29 is 21.6 Å². The summed E-state index contributed by atoms with van der Waals surface area (Å²) in [5.74, 6) is 0.586. The SMILES string of the molecule is CCCCOc1ccc(S(=O)(=O)n2nc(C)c(S(=O)(=O)N3CCCC3)c2C)cc1. The molecular formula is C19H27N3O5S2. The minimum absolute atomic E-state index is 0.0241. The van der Waals surface area contributed by atoms with Gasteiger partial charge in [-0.15, -0.1) is 0 Å². The van der Waals surface area contributed by atoms with Crippen molar-refractivity contribution in [1.29, 1.82) is 0 Å². The second-order valence-electron chi connectivity index (χ2n) is 7.13. The van der Waals surface area contributed by atoms with Crippen LogP contribution in [-0.2, 0) is 20.0 Å². The van der Waals surface area contributed by atoms with Crippen LogP contribution in [0.3, 0.4) is 0 Å². The van der Waals surface area contributed by atoms with Gasteiger partial charge in [-0.2, -0.15) is 21.9 Å². The van der Waals surface area contributed by atoms with Gasteiger partial charge in [0.25, 0.3) is 10.0 Å². The summed E-state index contributed by atoms with van der Waals surface area (Å²) < 4.78 is 59.9. The predicted octanol–water partition coefficient (Wildman–Crippen LogP) is 2.70. The van der Waals surface area contributed by atoms with Crippen molar-refractivity contribution in [2.24, 2.45) is 0 Å².